The fourth-order valence-electron chi connectivity index (χ4n) is 3.42. The van der Waals surface area contributed by atoms with Crippen LogP contribution in [0.2, 0.25) is 0 Å². The maximum absolute atomic E-state index is 14.7. The molecule has 2 aromatic heterocycles. The lowest BCUT2D eigenvalue weighted by Crippen LogP contribution is -2.17. The highest BCUT2D eigenvalue weighted by Crippen LogP contribution is 2.29. The number of ether oxygens (including phenoxy) is 2. The Morgan fingerprint density at radius 3 is 2.48 bits per heavy atom. The Kier molecular flexibility index (Phi) is 6.14. The number of ketones is 1. The van der Waals surface area contributed by atoms with Gasteiger partial charge in [0.05, 0.1) is 17.7 Å². The molecule has 4 aromatic rings. The molecular formula is C24H19F2N3O4. The summed E-state index contributed by atoms with van der Waals surface area (Å²) in [5.41, 5.74) is 5.58. The van der Waals surface area contributed by atoms with Gasteiger partial charge < -0.3 is 20.2 Å². The van der Waals surface area contributed by atoms with E-state index in [0.717, 1.165) is 17.7 Å². The van der Waals surface area contributed by atoms with Gasteiger partial charge in [0.25, 0.3) is 5.91 Å². The van der Waals surface area contributed by atoms with E-state index in [2.05, 4.69) is 9.97 Å². The monoisotopic (exact) mass is 451 g/mol. The van der Waals surface area contributed by atoms with Gasteiger partial charge in [0.1, 0.15) is 29.6 Å². The molecule has 0 aliphatic rings. The number of nitrogens with zero attached hydrogens (tertiary/aromatic N) is 1. The third-order valence-electron chi connectivity index (χ3n) is 5.10. The Balaban J connectivity index is 1.70. The predicted octanol–water partition coefficient (Wildman–Crippen LogP) is 3.86. The van der Waals surface area contributed by atoms with E-state index >= 15 is 0 Å². The third kappa shape index (κ3) is 4.31. The number of hydrogen-bond acceptors (Lipinski definition) is 5. The summed E-state index contributed by atoms with van der Waals surface area (Å²) >= 11 is 0. The van der Waals surface area contributed by atoms with E-state index in [0.29, 0.717) is 35.6 Å². The number of fused-ring (bicyclic) bond motifs is 1. The molecule has 0 saturated carbocycles. The van der Waals surface area contributed by atoms with Gasteiger partial charge in [-0.1, -0.05) is 12.1 Å². The first-order valence-electron chi connectivity index (χ1n) is 9.92. The molecule has 2 aromatic carbocycles. The van der Waals surface area contributed by atoms with Crippen molar-refractivity contribution in [3.63, 3.8) is 0 Å². The summed E-state index contributed by atoms with van der Waals surface area (Å²) in [4.78, 5) is 31.6. The van der Waals surface area contributed by atoms with Crippen LogP contribution in [-0.4, -0.2) is 42.0 Å². The van der Waals surface area contributed by atoms with Crippen LogP contribution in [-0.2, 0) is 4.74 Å². The van der Waals surface area contributed by atoms with Crippen LogP contribution in [0.5, 0.6) is 5.75 Å². The van der Waals surface area contributed by atoms with E-state index in [4.69, 9.17) is 15.2 Å². The second kappa shape index (κ2) is 9.17. The third-order valence-corrected chi connectivity index (χ3v) is 5.10. The summed E-state index contributed by atoms with van der Waals surface area (Å²) in [6.07, 6.45) is 2.94. The summed E-state index contributed by atoms with van der Waals surface area (Å²) in [7, 11) is 1.59. The van der Waals surface area contributed by atoms with Gasteiger partial charge in [0.2, 0.25) is 5.78 Å². The summed E-state index contributed by atoms with van der Waals surface area (Å²) in [5, 5.41) is 0.376. The van der Waals surface area contributed by atoms with Gasteiger partial charge in [-0.05, 0) is 35.9 Å². The summed E-state index contributed by atoms with van der Waals surface area (Å²) < 4.78 is 39.6. The number of pyridine rings is 1. The number of methoxy groups -OCH3 is 1. The number of primary amides is 1. The van der Waals surface area contributed by atoms with Crippen molar-refractivity contribution < 1.29 is 27.8 Å². The quantitative estimate of drug-likeness (QED) is 0.312. The Morgan fingerprint density at radius 2 is 1.79 bits per heavy atom. The maximum Gasteiger partial charge on any atom is 0.251 e. The van der Waals surface area contributed by atoms with Crippen LogP contribution < -0.4 is 10.5 Å². The number of nitrogens with two attached hydrogens (primary N) is 1. The number of hydrogen-bond donors (Lipinski definition) is 2. The first-order chi connectivity index (χ1) is 15.9. The van der Waals surface area contributed by atoms with Crippen molar-refractivity contribution in [2.24, 2.45) is 5.73 Å². The zero-order valence-corrected chi connectivity index (χ0v) is 17.5. The maximum atomic E-state index is 14.7. The molecule has 0 radical (unpaired) electrons. The Labute approximate surface area is 187 Å². The van der Waals surface area contributed by atoms with Gasteiger partial charge in [-0.2, -0.15) is 0 Å². The lowest BCUT2D eigenvalue weighted by atomic mass is 9.98. The molecule has 0 aliphatic carbocycles. The molecule has 1 amide bonds. The van der Waals surface area contributed by atoms with Crippen LogP contribution in [0.25, 0.3) is 22.2 Å². The van der Waals surface area contributed by atoms with Gasteiger partial charge in [-0.25, -0.2) is 13.8 Å². The van der Waals surface area contributed by atoms with Crippen molar-refractivity contribution in [2.45, 2.75) is 0 Å². The topological polar surface area (TPSA) is 107 Å². The van der Waals surface area contributed by atoms with Crippen molar-refractivity contribution in [1.29, 1.82) is 0 Å². The van der Waals surface area contributed by atoms with Crippen LogP contribution >= 0.6 is 0 Å². The van der Waals surface area contributed by atoms with Crippen LogP contribution in [0, 0.1) is 11.6 Å². The average Bonchev–Trinajstić information content (AvgIpc) is 3.23. The van der Waals surface area contributed by atoms with Crippen molar-refractivity contribution in [3.05, 3.63) is 83.2 Å². The first kappa shape index (κ1) is 22.1. The number of aromatic nitrogens is 2. The highest BCUT2D eigenvalue weighted by atomic mass is 19.1. The summed E-state index contributed by atoms with van der Waals surface area (Å²) in [6.45, 7) is 0.887. The number of aromatic amines is 1. The predicted molar refractivity (Wildman–Crippen MR) is 117 cm³/mol. The highest BCUT2D eigenvalue weighted by Gasteiger charge is 2.25. The van der Waals surface area contributed by atoms with E-state index in [1.54, 1.807) is 31.5 Å². The molecule has 0 atom stereocenters. The standard InChI is InChI=1S/C24H19F2N3O4/c1-32-8-9-33-15-4-2-13(3-5-15)14-10-17-18(12-29-24(17)28-11-14)22(30)20-19(25)7-6-16(21(20)26)23(27)31/h2-7,10-12H,8-9H2,1H3,(H2,27,31)(H,28,29). The zero-order chi connectivity index (χ0) is 23.5. The lowest BCUT2D eigenvalue weighted by Gasteiger charge is -2.08. The summed E-state index contributed by atoms with van der Waals surface area (Å²) in [5.74, 6) is -3.75. The molecule has 0 saturated heterocycles. The van der Waals surface area contributed by atoms with E-state index < -0.39 is 34.5 Å². The fourth-order valence-corrected chi connectivity index (χ4v) is 3.42. The Bertz CT molecular complexity index is 1350. The Morgan fingerprint density at radius 1 is 1.03 bits per heavy atom. The summed E-state index contributed by atoms with van der Waals surface area (Å²) in [6, 6.07) is 10.7. The molecule has 2 heterocycles. The van der Waals surface area contributed by atoms with Gasteiger partial charge in [-0.15, -0.1) is 0 Å². The van der Waals surface area contributed by atoms with Crippen LogP contribution in [0.15, 0.2) is 54.9 Å². The molecule has 33 heavy (non-hydrogen) atoms. The van der Waals surface area contributed by atoms with Crippen molar-refractivity contribution >= 4 is 22.7 Å². The molecule has 7 nitrogen and oxygen atoms in total. The number of amides is 1. The van der Waals surface area contributed by atoms with Crippen LogP contribution in [0.3, 0.4) is 0 Å². The van der Waals surface area contributed by atoms with E-state index in [1.165, 1.54) is 6.20 Å². The second-order valence-electron chi connectivity index (χ2n) is 7.17. The second-order valence-corrected chi connectivity index (χ2v) is 7.17. The smallest absolute Gasteiger partial charge is 0.251 e. The highest BCUT2D eigenvalue weighted by molar-refractivity contribution is 6.17. The fraction of sp³-hybridized carbons (Fsp3) is 0.125. The normalized spacial score (nSPS) is 11.0. The number of rotatable bonds is 8. The largest absolute Gasteiger partial charge is 0.491 e. The van der Waals surface area contributed by atoms with Gasteiger partial charge in [0, 0.05) is 36.0 Å². The Hall–Kier alpha value is -4.11. The van der Waals surface area contributed by atoms with Gasteiger partial charge in [0.15, 0.2) is 0 Å². The van der Waals surface area contributed by atoms with Gasteiger partial charge in [-0.3, -0.25) is 9.59 Å². The molecule has 0 bridgehead atoms. The number of carbonyl (C=O) groups excluding carboxylic acids is 2. The minimum absolute atomic E-state index is 0.0123. The molecule has 4 rings (SSSR count). The van der Waals surface area contributed by atoms with E-state index in [-0.39, 0.29) is 5.56 Å². The van der Waals surface area contributed by atoms with Gasteiger partial charge >= 0.3 is 0 Å². The minimum Gasteiger partial charge on any atom is -0.491 e. The number of H-pyrrole nitrogens is 1. The van der Waals surface area contributed by atoms with E-state index in [1.807, 2.05) is 12.1 Å². The average molecular weight is 451 g/mol. The molecule has 168 valence electrons. The lowest BCUT2D eigenvalue weighted by molar-refractivity contribution is 0.0996. The van der Waals surface area contributed by atoms with E-state index in [9.17, 15) is 18.4 Å². The number of benzene rings is 2. The first-order valence-corrected chi connectivity index (χ1v) is 9.92. The van der Waals surface area contributed by atoms with Crippen molar-refractivity contribution in [3.8, 4) is 16.9 Å². The SMILES string of the molecule is COCCOc1ccc(-c2cnc3[nH]cc(C(=O)c4c(F)ccc(C(N)=O)c4F)c3c2)cc1. The van der Waals surface area contributed by atoms with Crippen LogP contribution in [0.4, 0.5) is 8.78 Å². The molecule has 0 fully saturated rings. The van der Waals surface area contributed by atoms with Crippen LogP contribution in [0.1, 0.15) is 26.3 Å². The molecule has 0 unspecified atom stereocenters. The number of nitrogens with one attached hydrogen (secondary N) is 1. The van der Waals surface area contributed by atoms with Crippen molar-refractivity contribution in [1.82, 2.24) is 9.97 Å². The molecule has 0 spiro atoms. The molecule has 0 aliphatic heterocycles. The van der Waals surface area contributed by atoms with Crippen molar-refractivity contribution in [2.75, 3.05) is 20.3 Å². The molecular weight excluding hydrogens is 432 g/mol. The molecule has 9 heteroatoms. The molecule has 3 N–H and O–H groups in total. The minimum atomic E-state index is -1.30. The number of carbonyl (C=O) groups is 2. The number of halogens is 2. The zero-order valence-electron chi connectivity index (χ0n) is 17.5.